The SMILES string of the molecule is O=C(NCC1CCCC(O)C1)NC1CCN(c2ccccn2)CC1. The molecule has 1 aliphatic carbocycles. The van der Waals surface area contributed by atoms with Gasteiger partial charge in [0, 0.05) is 31.9 Å². The van der Waals surface area contributed by atoms with Gasteiger partial charge in [0.05, 0.1) is 6.10 Å². The number of carbonyl (C=O) groups excluding carboxylic acids is 1. The zero-order chi connectivity index (χ0) is 16.8. The topological polar surface area (TPSA) is 77.5 Å². The molecule has 2 heterocycles. The fourth-order valence-electron chi connectivity index (χ4n) is 3.72. The number of aliphatic hydroxyl groups excluding tert-OH is 1. The largest absolute Gasteiger partial charge is 0.393 e. The Balaban J connectivity index is 1.36. The monoisotopic (exact) mass is 332 g/mol. The van der Waals surface area contributed by atoms with Crippen molar-refractivity contribution in [3.8, 4) is 0 Å². The number of urea groups is 1. The Hall–Kier alpha value is -1.82. The third kappa shape index (κ3) is 4.84. The number of pyridine rings is 1. The van der Waals surface area contributed by atoms with E-state index in [0.29, 0.717) is 12.5 Å². The van der Waals surface area contributed by atoms with E-state index >= 15 is 0 Å². The Morgan fingerprint density at radius 1 is 1.25 bits per heavy atom. The number of carbonyl (C=O) groups is 1. The van der Waals surface area contributed by atoms with Crippen LogP contribution in [0.5, 0.6) is 0 Å². The second kappa shape index (κ2) is 8.33. The Kier molecular flexibility index (Phi) is 5.91. The molecule has 0 radical (unpaired) electrons. The summed E-state index contributed by atoms with van der Waals surface area (Å²) in [5.41, 5.74) is 0. The highest BCUT2D eigenvalue weighted by Crippen LogP contribution is 2.23. The van der Waals surface area contributed by atoms with Crippen LogP contribution in [0.3, 0.4) is 0 Å². The second-order valence-corrected chi connectivity index (χ2v) is 6.99. The number of aliphatic hydroxyl groups is 1. The fraction of sp³-hybridized carbons (Fsp3) is 0.667. The molecule has 6 heteroatoms. The van der Waals surface area contributed by atoms with Gasteiger partial charge in [-0.2, -0.15) is 0 Å². The Morgan fingerprint density at radius 3 is 2.79 bits per heavy atom. The minimum absolute atomic E-state index is 0.0775. The fourth-order valence-corrected chi connectivity index (χ4v) is 3.72. The first-order valence-corrected chi connectivity index (χ1v) is 9.09. The third-order valence-electron chi connectivity index (χ3n) is 5.11. The standard InChI is InChI=1S/C18H28N4O2/c23-16-5-3-4-14(12-16)13-20-18(24)21-15-7-10-22(11-8-15)17-6-1-2-9-19-17/h1-2,6,9,14-16,23H,3-5,7-8,10-13H2,(H2,20,21,24). The summed E-state index contributed by atoms with van der Waals surface area (Å²) in [7, 11) is 0. The van der Waals surface area contributed by atoms with Crippen LogP contribution >= 0.6 is 0 Å². The van der Waals surface area contributed by atoms with Gasteiger partial charge in [0.2, 0.25) is 0 Å². The highest BCUT2D eigenvalue weighted by molar-refractivity contribution is 5.74. The molecule has 1 saturated heterocycles. The normalized spacial score (nSPS) is 25.3. The van der Waals surface area contributed by atoms with Crippen LogP contribution in [0.25, 0.3) is 0 Å². The van der Waals surface area contributed by atoms with Gasteiger partial charge in [-0.15, -0.1) is 0 Å². The van der Waals surface area contributed by atoms with E-state index < -0.39 is 0 Å². The van der Waals surface area contributed by atoms with Gasteiger partial charge in [0.25, 0.3) is 0 Å². The molecule has 2 unspecified atom stereocenters. The van der Waals surface area contributed by atoms with Crippen molar-refractivity contribution >= 4 is 11.8 Å². The van der Waals surface area contributed by atoms with Gasteiger partial charge in [0.15, 0.2) is 0 Å². The summed E-state index contributed by atoms with van der Waals surface area (Å²) in [4.78, 5) is 18.7. The average Bonchev–Trinajstić information content (AvgIpc) is 2.61. The summed E-state index contributed by atoms with van der Waals surface area (Å²) in [5.74, 6) is 1.42. The molecule has 1 aromatic heterocycles. The lowest BCUT2D eigenvalue weighted by molar-refractivity contribution is 0.101. The average molecular weight is 332 g/mol. The maximum atomic E-state index is 12.1. The molecule has 3 N–H and O–H groups in total. The summed E-state index contributed by atoms with van der Waals surface area (Å²) >= 11 is 0. The van der Waals surface area contributed by atoms with E-state index in [1.165, 1.54) is 0 Å². The van der Waals surface area contributed by atoms with Crippen LogP contribution in [0.2, 0.25) is 0 Å². The summed E-state index contributed by atoms with van der Waals surface area (Å²) in [6.07, 6.45) is 7.36. The molecular formula is C18H28N4O2. The minimum Gasteiger partial charge on any atom is -0.393 e. The maximum absolute atomic E-state index is 12.1. The van der Waals surface area contributed by atoms with Crippen molar-refractivity contribution in [2.75, 3.05) is 24.5 Å². The molecule has 24 heavy (non-hydrogen) atoms. The lowest BCUT2D eigenvalue weighted by atomic mass is 9.87. The van der Waals surface area contributed by atoms with E-state index in [1.54, 1.807) is 0 Å². The van der Waals surface area contributed by atoms with Crippen LogP contribution in [0.15, 0.2) is 24.4 Å². The van der Waals surface area contributed by atoms with Crippen molar-refractivity contribution in [2.45, 2.75) is 50.7 Å². The highest BCUT2D eigenvalue weighted by atomic mass is 16.3. The molecule has 3 rings (SSSR count). The molecular weight excluding hydrogens is 304 g/mol. The summed E-state index contributed by atoms with van der Waals surface area (Å²) in [5, 5.41) is 15.7. The smallest absolute Gasteiger partial charge is 0.315 e. The number of rotatable bonds is 4. The van der Waals surface area contributed by atoms with Crippen molar-refractivity contribution in [1.82, 2.24) is 15.6 Å². The van der Waals surface area contributed by atoms with Crippen molar-refractivity contribution < 1.29 is 9.90 Å². The third-order valence-corrected chi connectivity index (χ3v) is 5.11. The number of hydrogen-bond acceptors (Lipinski definition) is 4. The molecule has 1 aromatic rings. The number of nitrogens with one attached hydrogen (secondary N) is 2. The van der Waals surface area contributed by atoms with E-state index in [9.17, 15) is 9.90 Å². The number of amides is 2. The Bertz CT molecular complexity index is 517. The van der Waals surface area contributed by atoms with Gasteiger partial charge in [0.1, 0.15) is 5.82 Å². The van der Waals surface area contributed by atoms with E-state index in [2.05, 4.69) is 20.5 Å². The molecule has 2 aliphatic rings. The van der Waals surface area contributed by atoms with Crippen LogP contribution in [0.4, 0.5) is 10.6 Å². The zero-order valence-corrected chi connectivity index (χ0v) is 14.2. The number of hydrogen-bond donors (Lipinski definition) is 3. The van der Waals surface area contributed by atoms with Crippen LogP contribution in [0, 0.1) is 5.92 Å². The quantitative estimate of drug-likeness (QED) is 0.787. The molecule has 1 saturated carbocycles. The predicted octanol–water partition coefficient (Wildman–Crippen LogP) is 1.90. The van der Waals surface area contributed by atoms with Gasteiger partial charge in [-0.25, -0.2) is 9.78 Å². The van der Waals surface area contributed by atoms with Crippen LogP contribution < -0.4 is 15.5 Å². The molecule has 6 nitrogen and oxygen atoms in total. The second-order valence-electron chi connectivity index (χ2n) is 6.99. The zero-order valence-electron chi connectivity index (χ0n) is 14.2. The van der Waals surface area contributed by atoms with Gasteiger partial charge in [-0.1, -0.05) is 12.5 Å². The first kappa shape index (κ1) is 17.0. The van der Waals surface area contributed by atoms with E-state index in [4.69, 9.17) is 0 Å². The summed E-state index contributed by atoms with van der Waals surface area (Å²) < 4.78 is 0. The molecule has 2 fully saturated rings. The van der Waals surface area contributed by atoms with Crippen LogP contribution in [-0.2, 0) is 0 Å². The predicted molar refractivity (Wildman–Crippen MR) is 94.0 cm³/mol. The molecule has 0 aromatic carbocycles. The molecule has 132 valence electrons. The maximum Gasteiger partial charge on any atom is 0.315 e. The Morgan fingerprint density at radius 2 is 2.08 bits per heavy atom. The van der Waals surface area contributed by atoms with Gasteiger partial charge in [-0.3, -0.25) is 0 Å². The van der Waals surface area contributed by atoms with Crippen molar-refractivity contribution in [1.29, 1.82) is 0 Å². The molecule has 2 amide bonds. The summed E-state index contributed by atoms with van der Waals surface area (Å²) in [6, 6.07) is 6.10. The lowest BCUT2D eigenvalue weighted by Gasteiger charge is -2.33. The highest BCUT2D eigenvalue weighted by Gasteiger charge is 2.23. The van der Waals surface area contributed by atoms with Crippen molar-refractivity contribution in [3.05, 3.63) is 24.4 Å². The van der Waals surface area contributed by atoms with E-state index in [1.807, 2.05) is 24.4 Å². The van der Waals surface area contributed by atoms with Gasteiger partial charge >= 0.3 is 6.03 Å². The van der Waals surface area contributed by atoms with E-state index in [0.717, 1.165) is 57.4 Å². The number of nitrogens with zero attached hydrogens (tertiary/aromatic N) is 2. The van der Waals surface area contributed by atoms with Crippen molar-refractivity contribution in [2.24, 2.45) is 5.92 Å². The van der Waals surface area contributed by atoms with Gasteiger partial charge < -0.3 is 20.6 Å². The van der Waals surface area contributed by atoms with Crippen molar-refractivity contribution in [3.63, 3.8) is 0 Å². The minimum atomic E-state index is -0.190. The van der Waals surface area contributed by atoms with Crippen LogP contribution in [-0.4, -0.2) is 47.9 Å². The lowest BCUT2D eigenvalue weighted by Crippen LogP contribution is -2.49. The molecule has 1 aliphatic heterocycles. The summed E-state index contributed by atoms with van der Waals surface area (Å²) in [6.45, 7) is 2.49. The van der Waals surface area contributed by atoms with Crippen LogP contribution in [0.1, 0.15) is 38.5 Å². The molecule has 0 bridgehead atoms. The molecule has 0 spiro atoms. The number of piperidine rings is 1. The van der Waals surface area contributed by atoms with Gasteiger partial charge in [-0.05, 0) is 50.2 Å². The first-order chi connectivity index (χ1) is 11.7. The number of aromatic nitrogens is 1. The first-order valence-electron chi connectivity index (χ1n) is 9.09. The Labute approximate surface area is 143 Å². The number of anilines is 1. The molecule has 2 atom stereocenters. The van der Waals surface area contributed by atoms with E-state index in [-0.39, 0.29) is 18.2 Å².